The van der Waals surface area contributed by atoms with Gasteiger partial charge in [-0.1, -0.05) is 63.9 Å². The van der Waals surface area contributed by atoms with Crippen LogP contribution < -0.4 is 5.69 Å². The van der Waals surface area contributed by atoms with E-state index in [0.29, 0.717) is 30.2 Å². The number of imidazole rings is 1. The Morgan fingerprint density at radius 3 is 2.64 bits per heavy atom. The van der Waals surface area contributed by atoms with Gasteiger partial charge < -0.3 is 0 Å². The molecule has 0 aliphatic heterocycles. The fraction of sp³-hybridized carbons (Fsp3) is 0.464. The van der Waals surface area contributed by atoms with Gasteiger partial charge in [-0.25, -0.2) is 9.89 Å². The van der Waals surface area contributed by atoms with Gasteiger partial charge in [0, 0.05) is 35.3 Å². The highest BCUT2D eigenvalue weighted by Crippen LogP contribution is 2.39. The first kappa shape index (κ1) is 24.2. The van der Waals surface area contributed by atoms with Crippen LogP contribution in [0, 0.1) is 11.8 Å². The molecule has 0 amide bonds. The molecule has 8 heteroatoms. The molecule has 1 aliphatic rings. The van der Waals surface area contributed by atoms with Crippen molar-refractivity contribution in [1.29, 1.82) is 0 Å². The second kappa shape index (κ2) is 10.6. The summed E-state index contributed by atoms with van der Waals surface area (Å²) in [5, 5.41) is 14.3. The van der Waals surface area contributed by atoms with Crippen LogP contribution in [0.2, 0.25) is 0 Å². The molecule has 1 saturated carbocycles. The maximum Gasteiger partial charge on any atom is 0.328 e. The maximum absolute atomic E-state index is 13.7. The third-order valence-corrected chi connectivity index (χ3v) is 7.60. The Hall–Kier alpha value is -3.55. The predicted octanol–water partition coefficient (Wildman–Crippen LogP) is 5.28. The lowest BCUT2D eigenvalue weighted by atomic mass is 9.91. The summed E-state index contributed by atoms with van der Waals surface area (Å²) < 4.78 is 3.99. The number of aromatic amines is 1. The lowest BCUT2D eigenvalue weighted by molar-refractivity contribution is 0.288. The fourth-order valence-electron chi connectivity index (χ4n) is 5.66. The van der Waals surface area contributed by atoms with E-state index in [0.717, 1.165) is 53.8 Å². The molecule has 2 unspecified atom stereocenters. The van der Waals surface area contributed by atoms with E-state index in [1.165, 1.54) is 12.8 Å². The minimum Gasteiger partial charge on any atom is -0.296 e. The molecule has 0 radical (unpaired) electrons. The first-order valence-electron chi connectivity index (χ1n) is 13.2. The number of benzene rings is 1. The first-order valence-corrected chi connectivity index (χ1v) is 13.2. The Morgan fingerprint density at radius 2 is 1.94 bits per heavy atom. The number of aryl methyl sites for hydroxylation is 1. The second-order valence-electron chi connectivity index (χ2n) is 10.2. The van der Waals surface area contributed by atoms with Gasteiger partial charge in [-0.05, 0) is 59.6 Å². The Bertz CT molecular complexity index is 1340. The lowest BCUT2D eigenvalue weighted by Crippen LogP contribution is -2.31. The number of pyridine rings is 1. The first-order chi connectivity index (χ1) is 17.6. The van der Waals surface area contributed by atoms with E-state index < -0.39 is 0 Å². The number of hydrogen-bond acceptors (Lipinski definition) is 5. The summed E-state index contributed by atoms with van der Waals surface area (Å²) in [4.78, 5) is 18.4. The molecule has 1 aromatic carbocycles. The summed E-state index contributed by atoms with van der Waals surface area (Å²) in [5.74, 6) is 1.76. The maximum atomic E-state index is 13.7. The zero-order chi connectivity index (χ0) is 25.1. The van der Waals surface area contributed by atoms with Gasteiger partial charge in [0.1, 0.15) is 0 Å². The number of nitrogens with one attached hydrogen (secondary N) is 1. The van der Waals surface area contributed by atoms with Crippen molar-refractivity contribution in [1.82, 2.24) is 34.7 Å². The van der Waals surface area contributed by atoms with Gasteiger partial charge in [-0.3, -0.25) is 14.1 Å². The summed E-state index contributed by atoms with van der Waals surface area (Å²) in [5.41, 5.74) is 5.00. The van der Waals surface area contributed by atoms with E-state index in [-0.39, 0.29) is 5.69 Å². The fourth-order valence-corrected chi connectivity index (χ4v) is 5.66. The van der Waals surface area contributed by atoms with Crippen LogP contribution >= 0.6 is 0 Å². The highest BCUT2D eigenvalue weighted by molar-refractivity contribution is 5.79. The summed E-state index contributed by atoms with van der Waals surface area (Å²) in [6.07, 6.45) is 10.6. The Kier molecular flexibility index (Phi) is 7.11. The Labute approximate surface area is 211 Å². The van der Waals surface area contributed by atoms with Crippen molar-refractivity contribution in [3.8, 4) is 22.5 Å². The number of tetrazole rings is 1. The van der Waals surface area contributed by atoms with Crippen LogP contribution in [0.15, 0.2) is 53.6 Å². The summed E-state index contributed by atoms with van der Waals surface area (Å²) >= 11 is 0. The van der Waals surface area contributed by atoms with Gasteiger partial charge in [-0.15, -0.1) is 5.10 Å². The van der Waals surface area contributed by atoms with Crippen LogP contribution in [-0.2, 0) is 13.0 Å². The molecular weight excluding hydrogens is 450 g/mol. The highest BCUT2D eigenvalue weighted by atomic mass is 16.1. The van der Waals surface area contributed by atoms with Gasteiger partial charge in [0.15, 0.2) is 5.82 Å². The van der Waals surface area contributed by atoms with Crippen molar-refractivity contribution in [3.05, 3.63) is 70.7 Å². The van der Waals surface area contributed by atoms with Crippen LogP contribution in [0.25, 0.3) is 22.5 Å². The summed E-state index contributed by atoms with van der Waals surface area (Å²) in [6, 6.07) is 12.4. The highest BCUT2D eigenvalue weighted by Gasteiger charge is 2.32. The monoisotopic (exact) mass is 485 g/mol. The van der Waals surface area contributed by atoms with Crippen molar-refractivity contribution in [2.24, 2.45) is 11.8 Å². The quantitative estimate of drug-likeness (QED) is 0.348. The van der Waals surface area contributed by atoms with E-state index in [4.69, 9.17) is 4.98 Å². The molecule has 0 saturated heterocycles. The molecule has 3 heterocycles. The molecule has 3 aromatic heterocycles. The largest absolute Gasteiger partial charge is 0.328 e. The van der Waals surface area contributed by atoms with Crippen molar-refractivity contribution in [2.45, 2.75) is 71.9 Å². The van der Waals surface area contributed by atoms with E-state index in [1.807, 2.05) is 45.7 Å². The smallest absolute Gasteiger partial charge is 0.296 e. The topological polar surface area (TPSA) is 94.3 Å². The average molecular weight is 486 g/mol. The molecule has 0 bridgehead atoms. The number of nitrogens with zero attached hydrogens (tertiary/aromatic N) is 6. The lowest BCUT2D eigenvalue weighted by Gasteiger charge is -2.23. The number of H-pyrrole nitrogens is 1. The zero-order valence-corrected chi connectivity index (χ0v) is 21.4. The molecule has 0 spiro atoms. The molecule has 4 aromatic rings. The number of unbranched alkanes of at least 4 members (excludes halogenated alkanes) is 1. The molecule has 1 N–H and O–H groups in total. The minimum atomic E-state index is 0.104. The van der Waals surface area contributed by atoms with Crippen LogP contribution in [0.3, 0.4) is 0 Å². The van der Waals surface area contributed by atoms with Crippen LogP contribution in [-0.4, -0.2) is 34.7 Å². The molecule has 1 aliphatic carbocycles. The van der Waals surface area contributed by atoms with Crippen LogP contribution in [0.5, 0.6) is 0 Å². The number of hydrogen-bond donors (Lipinski definition) is 1. The number of rotatable bonds is 9. The Balaban J connectivity index is 1.44. The minimum absolute atomic E-state index is 0.104. The molecule has 5 rings (SSSR count). The molecule has 188 valence electrons. The van der Waals surface area contributed by atoms with E-state index >= 15 is 0 Å². The van der Waals surface area contributed by atoms with Crippen LogP contribution in [0.1, 0.15) is 70.3 Å². The third-order valence-electron chi connectivity index (χ3n) is 7.60. The molecule has 2 atom stereocenters. The molecular formula is C28H35N7O. The predicted molar refractivity (Wildman–Crippen MR) is 140 cm³/mol. The van der Waals surface area contributed by atoms with Crippen molar-refractivity contribution >= 4 is 0 Å². The van der Waals surface area contributed by atoms with Crippen LogP contribution in [0.4, 0.5) is 0 Å². The van der Waals surface area contributed by atoms with E-state index in [9.17, 15) is 4.79 Å². The normalized spacial score (nSPS) is 17.8. The summed E-state index contributed by atoms with van der Waals surface area (Å²) in [6.45, 7) is 7.24. The second-order valence-corrected chi connectivity index (χ2v) is 10.2. The third kappa shape index (κ3) is 4.76. The molecule has 36 heavy (non-hydrogen) atoms. The molecule has 8 nitrogen and oxygen atoms in total. The van der Waals surface area contributed by atoms with Gasteiger partial charge in [-0.2, -0.15) is 0 Å². The van der Waals surface area contributed by atoms with Crippen molar-refractivity contribution in [2.75, 3.05) is 0 Å². The average Bonchev–Trinajstić information content (AvgIpc) is 3.65. The Morgan fingerprint density at radius 1 is 1.11 bits per heavy atom. The van der Waals surface area contributed by atoms with Gasteiger partial charge >= 0.3 is 5.69 Å². The standard InChI is InChI=1S/C28H35N7O/c1-4-5-9-22-18-35(26-13-8-12-23(26)19(2)3)28(36)34(22)17-21-15-14-20(16-29-21)24-10-6-7-11-25(24)27-30-32-33-31-27/h6-7,10-11,14-16,18-19,23,26H,4-5,8-9,12-13,17H2,1-3H3,(H,30,31,32,33). The van der Waals surface area contributed by atoms with Crippen molar-refractivity contribution in [3.63, 3.8) is 0 Å². The van der Waals surface area contributed by atoms with E-state index in [2.05, 4.69) is 53.7 Å². The van der Waals surface area contributed by atoms with Gasteiger partial charge in [0.05, 0.1) is 12.2 Å². The molecule has 1 fully saturated rings. The summed E-state index contributed by atoms with van der Waals surface area (Å²) in [7, 11) is 0. The van der Waals surface area contributed by atoms with Gasteiger partial charge in [0.25, 0.3) is 0 Å². The van der Waals surface area contributed by atoms with Crippen molar-refractivity contribution < 1.29 is 0 Å². The van der Waals surface area contributed by atoms with E-state index in [1.54, 1.807) is 0 Å². The SMILES string of the molecule is CCCCc1cn(C2CCCC2C(C)C)c(=O)n1Cc1ccc(-c2ccccc2-c2nnn[nH]2)cn1. The van der Waals surface area contributed by atoms with Gasteiger partial charge in [0.2, 0.25) is 0 Å². The number of aromatic nitrogens is 7. The zero-order valence-electron chi connectivity index (χ0n) is 21.4.